The van der Waals surface area contributed by atoms with Gasteiger partial charge in [-0.2, -0.15) is 10.2 Å². The summed E-state index contributed by atoms with van der Waals surface area (Å²) >= 11 is 9.56. The second kappa shape index (κ2) is 7.84. The highest BCUT2D eigenvalue weighted by molar-refractivity contribution is 9.10. The molecule has 1 N–H and O–H groups in total. The van der Waals surface area contributed by atoms with E-state index in [1.54, 1.807) is 21.6 Å². The number of nitrogens with one attached hydrogen (secondary N) is 1. The van der Waals surface area contributed by atoms with E-state index in [4.69, 9.17) is 11.6 Å². The van der Waals surface area contributed by atoms with Crippen LogP contribution < -0.4 is 5.32 Å². The highest BCUT2D eigenvalue weighted by Gasteiger charge is 2.09. The molecule has 1 aromatic carbocycles. The van der Waals surface area contributed by atoms with Gasteiger partial charge in [0, 0.05) is 29.4 Å². The van der Waals surface area contributed by atoms with E-state index in [1.807, 2.05) is 37.4 Å². The molecule has 2 aromatic heterocycles. The number of amides is 1. The molecular formula is C17H17BrClN5O. The number of halogens is 2. The largest absolute Gasteiger partial charge is 0.309 e. The van der Waals surface area contributed by atoms with Crippen LogP contribution in [0.5, 0.6) is 0 Å². The summed E-state index contributed by atoms with van der Waals surface area (Å²) < 4.78 is 4.47. The molecule has 0 aliphatic heterocycles. The minimum Gasteiger partial charge on any atom is -0.309 e. The average molecular weight is 423 g/mol. The average Bonchev–Trinajstić information content (AvgIpc) is 3.15. The first kappa shape index (κ1) is 17.7. The highest BCUT2D eigenvalue weighted by Crippen LogP contribution is 2.17. The first-order chi connectivity index (χ1) is 12.0. The second-order valence-electron chi connectivity index (χ2n) is 5.59. The molecule has 2 heterocycles. The van der Waals surface area contributed by atoms with Crippen LogP contribution in [0.25, 0.3) is 0 Å². The number of benzene rings is 1. The number of carbonyl (C=O) groups excluding carboxylic acids is 1. The number of hydrogen-bond donors (Lipinski definition) is 1. The van der Waals surface area contributed by atoms with Gasteiger partial charge in [0.2, 0.25) is 5.91 Å². The molecule has 25 heavy (non-hydrogen) atoms. The van der Waals surface area contributed by atoms with E-state index in [0.29, 0.717) is 30.4 Å². The van der Waals surface area contributed by atoms with Crippen molar-refractivity contribution in [2.75, 3.05) is 5.32 Å². The summed E-state index contributed by atoms with van der Waals surface area (Å²) in [5.74, 6) is 0.421. The molecule has 6 nitrogen and oxygen atoms in total. The van der Waals surface area contributed by atoms with E-state index in [1.165, 1.54) is 0 Å². The Morgan fingerprint density at radius 1 is 1.32 bits per heavy atom. The van der Waals surface area contributed by atoms with E-state index in [2.05, 4.69) is 31.4 Å². The van der Waals surface area contributed by atoms with Crippen LogP contribution in [0.3, 0.4) is 0 Å². The van der Waals surface area contributed by atoms with E-state index >= 15 is 0 Å². The monoisotopic (exact) mass is 421 g/mol. The third-order valence-electron chi connectivity index (χ3n) is 3.79. The van der Waals surface area contributed by atoms with E-state index < -0.39 is 0 Å². The second-order valence-corrected chi connectivity index (χ2v) is 6.85. The van der Waals surface area contributed by atoms with Crippen LogP contribution in [0.1, 0.15) is 17.7 Å². The zero-order valence-corrected chi connectivity index (χ0v) is 16.0. The van der Waals surface area contributed by atoms with Gasteiger partial charge in [-0.05, 0) is 34.5 Å². The molecule has 0 aliphatic rings. The Morgan fingerprint density at radius 2 is 2.12 bits per heavy atom. The zero-order chi connectivity index (χ0) is 17.8. The lowest BCUT2D eigenvalue weighted by molar-refractivity contribution is -0.116. The quantitative estimate of drug-likeness (QED) is 0.655. The van der Waals surface area contributed by atoms with Gasteiger partial charge in [-0.3, -0.25) is 14.2 Å². The molecule has 0 spiro atoms. The van der Waals surface area contributed by atoms with Crippen molar-refractivity contribution in [3.63, 3.8) is 0 Å². The van der Waals surface area contributed by atoms with Crippen molar-refractivity contribution in [2.24, 2.45) is 0 Å². The fourth-order valence-corrected chi connectivity index (χ4v) is 2.87. The predicted octanol–water partition coefficient (Wildman–Crippen LogP) is 3.88. The summed E-state index contributed by atoms with van der Waals surface area (Å²) in [7, 11) is 0. The van der Waals surface area contributed by atoms with Gasteiger partial charge in [0.1, 0.15) is 0 Å². The number of aryl methyl sites for hydroxylation is 1. The van der Waals surface area contributed by atoms with Crippen LogP contribution in [0.15, 0.2) is 47.2 Å². The van der Waals surface area contributed by atoms with Crippen molar-refractivity contribution >= 4 is 39.3 Å². The van der Waals surface area contributed by atoms with Gasteiger partial charge in [-0.25, -0.2) is 0 Å². The van der Waals surface area contributed by atoms with Crippen molar-refractivity contribution in [1.82, 2.24) is 19.6 Å². The van der Waals surface area contributed by atoms with Crippen LogP contribution in [0, 0.1) is 6.92 Å². The summed E-state index contributed by atoms with van der Waals surface area (Å²) in [6.45, 7) is 3.02. The molecule has 130 valence electrons. The predicted molar refractivity (Wildman–Crippen MR) is 101 cm³/mol. The first-order valence-electron chi connectivity index (χ1n) is 7.77. The van der Waals surface area contributed by atoms with Gasteiger partial charge in [-0.15, -0.1) is 0 Å². The Morgan fingerprint density at radius 3 is 2.84 bits per heavy atom. The Labute approximate surface area is 158 Å². The molecule has 0 radical (unpaired) electrons. The molecule has 3 rings (SSSR count). The molecule has 0 aliphatic carbocycles. The number of hydrogen-bond acceptors (Lipinski definition) is 3. The standard InChI is InChI=1S/C17H17BrClN5O/c1-12-14(18)10-20-24(12)9-7-17(25)21-16-6-8-23(22-16)11-13-4-2-3-5-15(13)19/h2-6,8,10H,7,9,11H2,1H3,(H,21,22,25). The summed E-state index contributed by atoms with van der Waals surface area (Å²) in [6.07, 6.45) is 3.86. The highest BCUT2D eigenvalue weighted by atomic mass is 79.9. The van der Waals surface area contributed by atoms with Gasteiger partial charge in [-0.1, -0.05) is 29.8 Å². The third kappa shape index (κ3) is 4.49. The number of anilines is 1. The summed E-state index contributed by atoms with van der Waals surface area (Å²) in [5, 5.41) is 12.1. The maximum Gasteiger partial charge on any atom is 0.227 e. The van der Waals surface area contributed by atoms with Crippen LogP contribution in [-0.4, -0.2) is 25.5 Å². The van der Waals surface area contributed by atoms with Crippen molar-refractivity contribution in [3.05, 3.63) is 63.5 Å². The van der Waals surface area contributed by atoms with Crippen molar-refractivity contribution in [2.45, 2.75) is 26.4 Å². The zero-order valence-electron chi connectivity index (χ0n) is 13.6. The Kier molecular flexibility index (Phi) is 5.55. The first-order valence-corrected chi connectivity index (χ1v) is 8.94. The smallest absolute Gasteiger partial charge is 0.227 e. The molecule has 0 fully saturated rings. The lowest BCUT2D eigenvalue weighted by atomic mass is 10.2. The van der Waals surface area contributed by atoms with Gasteiger partial charge >= 0.3 is 0 Å². The normalized spacial score (nSPS) is 10.8. The molecular weight excluding hydrogens is 406 g/mol. The minimum atomic E-state index is -0.103. The van der Waals surface area contributed by atoms with Gasteiger partial charge < -0.3 is 5.32 Å². The number of nitrogens with zero attached hydrogens (tertiary/aromatic N) is 4. The maximum atomic E-state index is 12.1. The molecule has 1 amide bonds. The molecule has 0 unspecified atom stereocenters. The number of rotatable bonds is 6. The number of carbonyl (C=O) groups is 1. The van der Waals surface area contributed by atoms with Crippen molar-refractivity contribution in [3.8, 4) is 0 Å². The van der Waals surface area contributed by atoms with Gasteiger partial charge in [0.05, 0.1) is 23.8 Å². The third-order valence-corrected chi connectivity index (χ3v) is 4.94. The SMILES string of the molecule is Cc1c(Br)cnn1CCC(=O)Nc1ccn(Cc2ccccc2Cl)n1. The van der Waals surface area contributed by atoms with Crippen LogP contribution >= 0.6 is 27.5 Å². The minimum absolute atomic E-state index is 0.103. The van der Waals surface area contributed by atoms with E-state index in [-0.39, 0.29) is 5.91 Å². The summed E-state index contributed by atoms with van der Waals surface area (Å²) in [4.78, 5) is 12.1. The lowest BCUT2D eigenvalue weighted by Crippen LogP contribution is -2.16. The van der Waals surface area contributed by atoms with Crippen LogP contribution in [-0.2, 0) is 17.9 Å². The van der Waals surface area contributed by atoms with Crippen LogP contribution in [0.4, 0.5) is 5.82 Å². The van der Waals surface area contributed by atoms with E-state index in [0.717, 1.165) is 15.7 Å². The lowest BCUT2D eigenvalue weighted by Gasteiger charge is -2.06. The summed E-state index contributed by atoms with van der Waals surface area (Å²) in [6, 6.07) is 9.39. The fraction of sp³-hybridized carbons (Fsp3) is 0.235. The fourth-order valence-electron chi connectivity index (χ4n) is 2.38. The molecule has 3 aromatic rings. The Hall–Kier alpha value is -2.12. The topological polar surface area (TPSA) is 64.7 Å². The maximum absolute atomic E-state index is 12.1. The van der Waals surface area contributed by atoms with E-state index in [9.17, 15) is 4.79 Å². The number of aromatic nitrogens is 4. The van der Waals surface area contributed by atoms with Gasteiger partial charge in [0.15, 0.2) is 5.82 Å². The molecule has 0 saturated carbocycles. The molecule has 0 atom stereocenters. The van der Waals surface area contributed by atoms with Gasteiger partial charge in [0.25, 0.3) is 0 Å². The molecule has 0 bridgehead atoms. The Bertz CT molecular complexity index is 889. The Balaban J connectivity index is 1.55. The van der Waals surface area contributed by atoms with Crippen LogP contribution in [0.2, 0.25) is 5.02 Å². The molecule has 8 heteroatoms. The van der Waals surface area contributed by atoms with Crippen molar-refractivity contribution < 1.29 is 4.79 Å². The molecule has 0 saturated heterocycles. The summed E-state index contributed by atoms with van der Waals surface area (Å²) in [5.41, 5.74) is 1.97. The van der Waals surface area contributed by atoms with Crippen molar-refractivity contribution in [1.29, 1.82) is 0 Å².